The zero-order valence-electron chi connectivity index (χ0n) is 11.2. The minimum Gasteiger partial charge on any atom is -0.465 e. The fourth-order valence-electron chi connectivity index (χ4n) is 1.32. The number of hydrogen-bond donors (Lipinski definition) is 0. The molecule has 1 rings (SSSR count). The van der Waals surface area contributed by atoms with Crippen molar-refractivity contribution in [3.8, 4) is 0 Å². The van der Waals surface area contributed by atoms with Crippen LogP contribution in [0.3, 0.4) is 0 Å². The van der Waals surface area contributed by atoms with Crippen LogP contribution in [0.2, 0.25) is 0 Å². The maximum Gasteiger partial charge on any atom is 0.305 e. The van der Waals surface area contributed by atoms with Crippen molar-refractivity contribution in [2.24, 2.45) is 0 Å². The fourth-order valence-corrected chi connectivity index (χ4v) is 1.32. The van der Waals surface area contributed by atoms with Gasteiger partial charge in [0.05, 0.1) is 6.61 Å². The highest BCUT2D eigenvalue weighted by atomic mass is 16.5. The van der Waals surface area contributed by atoms with Crippen molar-refractivity contribution in [1.82, 2.24) is 0 Å². The van der Waals surface area contributed by atoms with E-state index in [-0.39, 0.29) is 5.97 Å². The molecule has 0 aliphatic rings. The Morgan fingerprint density at radius 1 is 1.28 bits per heavy atom. The monoisotopic (exact) mass is 250 g/mol. The van der Waals surface area contributed by atoms with E-state index < -0.39 is 0 Å². The summed E-state index contributed by atoms with van der Waals surface area (Å²) in [5.74, 6) is -0.0761. The van der Waals surface area contributed by atoms with Gasteiger partial charge in [-0.3, -0.25) is 4.79 Å². The Morgan fingerprint density at radius 2 is 1.89 bits per heavy atom. The Balaban J connectivity index is 0.000000873. The summed E-state index contributed by atoms with van der Waals surface area (Å²) < 4.78 is 5.11. The van der Waals surface area contributed by atoms with Crippen LogP contribution < -0.4 is 0 Å². The molecular weight excluding hydrogens is 228 g/mol. The van der Waals surface area contributed by atoms with Gasteiger partial charge < -0.3 is 9.53 Å². The Morgan fingerprint density at radius 3 is 2.44 bits per heavy atom. The van der Waals surface area contributed by atoms with Crippen LogP contribution in [0.4, 0.5) is 0 Å². The first kappa shape index (κ1) is 16.4. The van der Waals surface area contributed by atoms with Crippen molar-refractivity contribution >= 4 is 12.3 Å². The van der Waals surface area contributed by atoms with Gasteiger partial charge in [0, 0.05) is 12.8 Å². The number of carbonyl (C=O) groups is 2. The van der Waals surface area contributed by atoms with E-state index in [2.05, 4.69) is 6.92 Å². The molecule has 1 aromatic carbocycles. The van der Waals surface area contributed by atoms with Crippen LogP contribution in [0.15, 0.2) is 30.3 Å². The summed E-state index contributed by atoms with van der Waals surface area (Å²) in [5.41, 5.74) is 1.21. The molecule has 0 spiro atoms. The second-order valence-corrected chi connectivity index (χ2v) is 3.80. The van der Waals surface area contributed by atoms with Crippen LogP contribution in [-0.2, 0) is 20.7 Å². The maximum atomic E-state index is 11.2. The molecule has 0 aliphatic heterocycles. The lowest BCUT2D eigenvalue weighted by molar-refractivity contribution is -0.143. The number of aldehydes is 1. The van der Waals surface area contributed by atoms with E-state index >= 15 is 0 Å². The molecule has 3 nitrogen and oxygen atoms in total. The van der Waals surface area contributed by atoms with Gasteiger partial charge in [-0.15, -0.1) is 0 Å². The zero-order valence-corrected chi connectivity index (χ0v) is 11.2. The van der Waals surface area contributed by atoms with E-state index in [1.807, 2.05) is 30.3 Å². The average molecular weight is 250 g/mol. The van der Waals surface area contributed by atoms with E-state index in [1.54, 1.807) is 0 Å². The number of hydrogen-bond acceptors (Lipinski definition) is 3. The smallest absolute Gasteiger partial charge is 0.305 e. The summed E-state index contributed by atoms with van der Waals surface area (Å²) in [6.07, 6.45) is 4.06. The maximum absolute atomic E-state index is 11.2. The Kier molecular flexibility index (Phi) is 10.8. The van der Waals surface area contributed by atoms with Gasteiger partial charge in [0.1, 0.15) is 6.29 Å². The number of unbranched alkanes of at least 4 members (excludes halogenated alkanes) is 1. The fraction of sp³-hybridized carbons (Fsp3) is 0.467. The van der Waals surface area contributed by atoms with E-state index in [0.717, 1.165) is 25.5 Å². The predicted octanol–water partition coefficient (Wildman–Crippen LogP) is 3.17. The molecule has 0 atom stereocenters. The topological polar surface area (TPSA) is 43.4 Å². The second kappa shape index (κ2) is 11.8. The van der Waals surface area contributed by atoms with Gasteiger partial charge >= 0.3 is 5.97 Å². The molecular formula is C15H22O3. The molecule has 0 saturated carbocycles. The first-order valence-electron chi connectivity index (χ1n) is 6.33. The first-order valence-corrected chi connectivity index (χ1v) is 6.33. The summed E-state index contributed by atoms with van der Waals surface area (Å²) in [4.78, 5) is 20.0. The molecule has 0 bridgehead atoms. The van der Waals surface area contributed by atoms with Crippen molar-refractivity contribution in [2.75, 3.05) is 6.61 Å². The Bertz CT molecular complexity index is 320. The van der Waals surface area contributed by atoms with Crippen molar-refractivity contribution in [3.05, 3.63) is 35.9 Å². The highest BCUT2D eigenvalue weighted by Gasteiger charge is 2.01. The van der Waals surface area contributed by atoms with Crippen LogP contribution >= 0.6 is 0 Å². The Labute approximate surface area is 109 Å². The summed E-state index contributed by atoms with van der Waals surface area (Å²) >= 11 is 0. The van der Waals surface area contributed by atoms with Gasteiger partial charge in [-0.25, -0.2) is 0 Å². The zero-order chi connectivity index (χ0) is 13.6. The number of ether oxygens (including phenoxy) is 1. The lowest BCUT2D eigenvalue weighted by Gasteiger charge is -2.04. The van der Waals surface area contributed by atoms with Crippen LogP contribution in [0.25, 0.3) is 0 Å². The molecule has 0 aromatic heterocycles. The number of rotatable bonds is 6. The van der Waals surface area contributed by atoms with Crippen molar-refractivity contribution in [1.29, 1.82) is 0 Å². The van der Waals surface area contributed by atoms with Gasteiger partial charge in [0.2, 0.25) is 0 Å². The van der Waals surface area contributed by atoms with Gasteiger partial charge in [-0.1, -0.05) is 43.7 Å². The van der Waals surface area contributed by atoms with Gasteiger partial charge in [0.15, 0.2) is 0 Å². The molecule has 0 saturated heterocycles. The van der Waals surface area contributed by atoms with Crippen LogP contribution in [-0.4, -0.2) is 18.9 Å². The molecule has 0 unspecified atom stereocenters. The highest BCUT2D eigenvalue weighted by Crippen LogP contribution is 2.01. The second-order valence-electron chi connectivity index (χ2n) is 3.80. The third kappa shape index (κ3) is 9.58. The van der Waals surface area contributed by atoms with E-state index in [1.165, 1.54) is 12.5 Å². The number of esters is 1. The summed E-state index contributed by atoms with van der Waals surface area (Å²) in [5, 5.41) is 0. The standard InChI is InChI=1S/C13H18O2.C2H4O/c1-2-3-9-13(14)15-11-10-12-7-5-4-6-8-12;1-2-3/h4-8H,2-3,9-11H2,1H3;2H,1H3. The summed E-state index contributed by atoms with van der Waals surface area (Å²) in [7, 11) is 0. The van der Waals surface area contributed by atoms with E-state index in [9.17, 15) is 4.79 Å². The molecule has 1 aromatic rings. The molecule has 3 heteroatoms. The quantitative estimate of drug-likeness (QED) is 0.575. The van der Waals surface area contributed by atoms with Gasteiger partial charge in [-0.2, -0.15) is 0 Å². The number of carbonyl (C=O) groups excluding carboxylic acids is 2. The molecule has 0 aliphatic carbocycles. The van der Waals surface area contributed by atoms with Crippen LogP contribution in [0, 0.1) is 0 Å². The molecule has 100 valence electrons. The Hall–Kier alpha value is -1.64. The van der Waals surface area contributed by atoms with Crippen molar-refractivity contribution in [3.63, 3.8) is 0 Å². The average Bonchev–Trinajstić information content (AvgIpc) is 2.38. The van der Waals surface area contributed by atoms with Gasteiger partial charge in [-0.05, 0) is 18.9 Å². The molecule has 18 heavy (non-hydrogen) atoms. The largest absolute Gasteiger partial charge is 0.465 e. The lowest BCUT2D eigenvalue weighted by atomic mass is 10.2. The highest BCUT2D eigenvalue weighted by molar-refractivity contribution is 5.69. The molecule has 0 radical (unpaired) electrons. The third-order valence-corrected chi connectivity index (χ3v) is 2.23. The van der Waals surface area contributed by atoms with E-state index in [0.29, 0.717) is 13.0 Å². The van der Waals surface area contributed by atoms with Crippen LogP contribution in [0.5, 0.6) is 0 Å². The first-order chi connectivity index (χ1) is 8.74. The third-order valence-electron chi connectivity index (χ3n) is 2.23. The van der Waals surface area contributed by atoms with Gasteiger partial charge in [0.25, 0.3) is 0 Å². The van der Waals surface area contributed by atoms with Crippen LogP contribution in [0.1, 0.15) is 38.7 Å². The summed E-state index contributed by atoms with van der Waals surface area (Å²) in [6.45, 7) is 4.00. The van der Waals surface area contributed by atoms with Crippen molar-refractivity contribution in [2.45, 2.75) is 39.5 Å². The molecule has 0 amide bonds. The number of benzene rings is 1. The minimum atomic E-state index is -0.0761. The lowest BCUT2D eigenvalue weighted by Crippen LogP contribution is -2.07. The summed E-state index contributed by atoms with van der Waals surface area (Å²) in [6, 6.07) is 10.1. The molecule has 0 fully saturated rings. The van der Waals surface area contributed by atoms with E-state index in [4.69, 9.17) is 9.53 Å². The molecule has 0 N–H and O–H groups in total. The van der Waals surface area contributed by atoms with Crippen molar-refractivity contribution < 1.29 is 14.3 Å². The normalized spacial score (nSPS) is 9.00. The SMILES string of the molecule is CC=O.CCCCC(=O)OCCc1ccccc1. The minimum absolute atomic E-state index is 0.0761. The predicted molar refractivity (Wildman–Crippen MR) is 72.4 cm³/mol. The molecule has 0 heterocycles.